The molecule has 8 heteroatoms. The summed E-state index contributed by atoms with van der Waals surface area (Å²) < 4.78 is 27.8. The van der Waals surface area contributed by atoms with Gasteiger partial charge in [0, 0.05) is 23.2 Å². The minimum absolute atomic E-state index is 0.0242. The molecule has 3 rings (SSSR count). The van der Waals surface area contributed by atoms with E-state index < -0.39 is 10.0 Å². The molecule has 1 aliphatic rings. The number of rotatable bonds is 7. The topological polar surface area (TPSA) is 78.5 Å². The molecular weight excluding hydrogens is 398 g/mol. The van der Waals surface area contributed by atoms with Gasteiger partial charge in [-0.2, -0.15) is 0 Å². The summed E-state index contributed by atoms with van der Waals surface area (Å²) in [5, 5.41) is 3.36. The molecule has 2 N–H and O–H groups in total. The van der Waals surface area contributed by atoms with Gasteiger partial charge in [0.1, 0.15) is 0 Å². The highest BCUT2D eigenvalue weighted by molar-refractivity contribution is 7.92. The van der Waals surface area contributed by atoms with E-state index >= 15 is 0 Å². The molecule has 1 atom stereocenters. The molecular formula is C20H24ClN3O3S. The van der Waals surface area contributed by atoms with Crippen LogP contribution in [0.4, 0.5) is 5.69 Å². The van der Waals surface area contributed by atoms with E-state index in [-0.39, 0.29) is 10.8 Å². The maximum Gasteiger partial charge on any atom is 0.261 e. The van der Waals surface area contributed by atoms with Gasteiger partial charge in [-0.1, -0.05) is 30.7 Å². The highest BCUT2D eigenvalue weighted by Crippen LogP contribution is 2.20. The zero-order chi connectivity index (χ0) is 20.1. The van der Waals surface area contributed by atoms with E-state index in [2.05, 4.69) is 21.9 Å². The highest BCUT2D eigenvalue weighted by Gasteiger charge is 2.23. The van der Waals surface area contributed by atoms with Crippen LogP contribution >= 0.6 is 11.6 Å². The lowest BCUT2D eigenvalue weighted by Crippen LogP contribution is -2.40. The second-order valence-corrected chi connectivity index (χ2v) is 8.90. The Balaban J connectivity index is 1.69. The number of anilines is 1. The first-order valence-corrected chi connectivity index (χ1v) is 11.2. The molecule has 150 valence electrons. The van der Waals surface area contributed by atoms with Crippen molar-refractivity contribution in [2.24, 2.45) is 0 Å². The summed E-state index contributed by atoms with van der Waals surface area (Å²) in [6.07, 6.45) is 2.20. The second kappa shape index (κ2) is 8.94. The van der Waals surface area contributed by atoms with Gasteiger partial charge in [0.2, 0.25) is 0 Å². The lowest BCUT2D eigenvalue weighted by Gasteiger charge is -2.22. The van der Waals surface area contributed by atoms with E-state index in [0.29, 0.717) is 28.9 Å². The summed E-state index contributed by atoms with van der Waals surface area (Å²) >= 11 is 5.90. The van der Waals surface area contributed by atoms with Crippen molar-refractivity contribution in [3.63, 3.8) is 0 Å². The van der Waals surface area contributed by atoms with Crippen LogP contribution < -0.4 is 10.0 Å². The monoisotopic (exact) mass is 421 g/mol. The maximum absolute atomic E-state index is 12.6. The van der Waals surface area contributed by atoms with E-state index in [0.717, 1.165) is 25.9 Å². The van der Waals surface area contributed by atoms with E-state index in [9.17, 15) is 13.2 Å². The second-order valence-electron chi connectivity index (χ2n) is 6.78. The predicted molar refractivity (Wildman–Crippen MR) is 111 cm³/mol. The molecule has 0 aromatic heterocycles. The number of likely N-dealkylation sites (N-methyl/N-ethyl adjacent to an activating group) is 1. The number of hydrogen-bond acceptors (Lipinski definition) is 4. The Bertz CT molecular complexity index is 949. The van der Waals surface area contributed by atoms with Crippen molar-refractivity contribution in [2.75, 3.05) is 24.4 Å². The summed E-state index contributed by atoms with van der Waals surface area (Å²) in [6.45, 7) is 4.69. The summed E-state index contributed by atoms with van der Waals surface area (Å²) in [6, 6.07) is 12.8. The van der Waals surface area contributed by atoms with Crippen molar-refractivity contribution in [3.05, 3.63) is 59.1 Å². The van der Waals surface area contributed by atoms with Crippen molar-refractivity contribution in [3.8, 4) is 0 Å². The number of benzene rings is 2. The molecule has 1 unspecified atom stereocenters. The standard InChI is InChI=1S/C20H24ClN3O3S/c1-2-24-11-5-9-18(24)14-22-20(25)15-6-3-10-19(12-15)28(26,27)23-17-8-4-7-16(21)13-17/h3-4,6-8,10,12-13,18,23H,2,5,9,11,14H2,1H3,(H,22,25). The van der Waals surface area contributed by atoms with Crippen LogP contribution in [-0.2, 0) is 10.0 Å². The summed E-state index contributed by atoms with van der Waals surface area (Å²) in [5.41, 5.74) is 0.679. The molecule has 1 heterocycles. The first-order chi connectivity index (χ1) is 13.4. The number of carbonyl (C=O) groups is 1. The van der Waals surface area contributed by atoms with E-state index in [1.165, 1.54) is 18.2 Å². The van der Waals surface area contributed by atoms with Gasteiger partial charge in [0.15, 0.2) is 0 Å². The molecule has 1 fully saturated rings. The Labute approximate surface area is 170 Å². The third kappa shape index (κ3) is 5.04. The van der Waals surface area contributed by atoms with Crippen LogP contribution in [0.2, 0.25) is 5.02 Å². The minimum atomic E-state index is -3.83. The average Bonchev–Trinajstić information content (AvgIpc) is 3.13. The number of halogens is 1. The smallest absolute Gasteiger partial charge is 0.261 e. The largest absolute Gasteiger partial charge is 0.350 e. The molecule has 2 aromatic carbocycles. The van der Waals surface area contributed by atoms with Gasteiger partial charge >= 0.3 is 0 Å². The van der Waals surface area contributed by atoms with E-state index in [1.54, 1.807) is 30.3 Å². The molecule has 0 aliphatic carbocycles. The molecule has 28 heavy (non-hydrogen) atoms. The average molecular weight is 422 g/mol. The molecule has 0 spiro atoms. The summed E-state index contributed by atoms with van der Waals surface area (Å²) in [5.74, 6) is -0.275. The van der Waals surface area contributed by atoms with Gasteiger partial charge < -0.3 is 5.32 Å². The molecule has 6 nitrogen and oxygen atoms in total. The zero-order valence-electron chi connectivity index (χ0n) is 15.7. The lowest BCUT2D eigenvalue weighted by molar-refractivity contribution is 0.0941. The predicted octanol–water partition coefficient (Wildman–Crippen LogP) is 3.35. The number of sulfonamides is 1. The van der Waals surface area contributed by atoms with Crippen LogP contribution in [0, 0.1) is 0 Å². The molecule has 1 aliphatic heterocycles. The normalized spacial score (nSPS) is 17.4. The van der Waals surface area contributed by atoms with Gasteiger partial charge in [-0.05, 0) is 62.3 Å². The van der Waals surface area contributed by atoms with Crippen molar-refractivity contribution in [2.45, 2.75) is 30.7 Å². The summed E-state index contributed by atoms with van der Waals surface area (Å²) in [4.78, 5) is 14.9. The van der Waals surface area contributed by atoms with Gasteiger partial charge in [-0.3, -0.25) is 14.4 Å². The van der Waals surface area contributed by atoms with Crippen molar-refractivity contribution < 1.29 is 13.2 Å². The van der Waals surface area contributed by atoms with Gasteiger partial charge in [-0.25, -0.2) is 8.42 Å². The number of carbonyl (C=O) groups excluding carboxylic acids is 1. The van der Waals surface area contributed by atoms with Crippen LogP contribution in [-0.4, -0.2) is 44.9 Å². The Morgan fingerprint density at radius 2 is 2.00 bits per heavy atom. The Kier molecular flexibility index (Phi) is 6.59. The minimum Gasteiger partial charge on any atom is -0.350 e. The lowest BCUT2D eigenvalue weighted by atomic mass is 10.2. The third-order valence-corrected chi connectivity index (χ3v) is 6.50. The fourth-order valence-electron chi connectivity index (χ4n) is 3.43. The molecule has 2 aromatic rings. The Morgan fingerprint density at radius 1 is 1.21 bits per heavy atom. The first-order valence-electron chi connectivity index (χ1n) is 9.30. The van der Waals surface area contributed by atoms with E-state index in [1.807, 2.05) is 0 Å². The maximum atomic E-state index is 12.6. The van der Waals surface area contributed by atoms with Crippen molar-refractivity contribution in [1.29, 1.82) is 0 Å². The first kappa shape index (κ1) is 20.6. The highest BCUT2D eigenvalue weighted by atomic mass is 35.5. The van der Waals surface area contributed by atoms with Crippen molar-refractivity contribution in [1.82, 2.24) is 10.2 Å². The Morgan fingerprint density at radius 3 is 2.75 bits per heavy atom. The van der Waals surface area contributed by atoms with E-state index in [4.69, 9.17) is 11.6 Å². The number of likely N-dealkylation sites (tertiary alicyclic amines) is 1. The van der Waals surface area contributed by atoms with Crippen LogP contribution in [0.25, 0.3) is 0 Å². The third-order valence-electron chi connectivity index (χ3n) is 4.89. The molecule has 0 bridgehead atoms. The number of hydrogen-bond donors (Lipinski definition) is 2. The fraction of sp³-hybridized carbons (Fsp3) is 0.350. The molecule has 1 saturated heterocycles. The number of nitrogens with zero attached hydrogens (tertiary/aromatic N) is 1. The fourth-order valence-corrected chi connectivity index (χ4v) is 4.71. The number of amides is 1. The molecule has 0 radical (unpaired) electrons. The zero-order valence-corrected chi connectivity index (χ0v) is 17.3. The Hall–Kier alpha value is -2.09. The quantitative estimate of drug-likeness (QED) is 0.718. The number of nitrogens with one attached hydrogen (secondary N) is 2. The molecule has 0 saturated carbocycles. The van der Waals surface area contributed by atoms with Crippen LogP contribution in [0.5, 0.6) is 0 Å². The van der Waals surface area contributed by atoms with Gasteiger partial charge in [0.25, 0.3) is 15.9 Å². The van der Waals surface area contributed by atoms with Gasteiger partial charge in [-0.15, -0.1) is 0 Å². The van der Waals surface area contributed by atoms with Crippen LogP contribution in [0.1, 0.15) is 30.1 Å². The van der Waals surface area contributed by atoms with Gasteiger partial charge in [0.05, 0.1) is 10.6 Å². The summed E-state index contributed by atoms with van der Waals surface area (Å²) in [7, 11) is -3.83. The van der Waals surface area contributed by atoms with Crippen LogP contribution in [0.15, 0.2) is 53.4 Å². The molecule has 1 amide bonds. The van der Waals surface area contributed by atoms with Crippen molar-refractivity contribution >= 4 is 33.2 Å². The van der Waals surface area contributed by atoms with Crippen LogP contribution in [0.3, 0.4) is 0 Å². The SMILES string of the molecule is CCN1CCCC1CNC(=O)c1cccc(S(=O)(=O)Nc2cccc(Cl)c2)c1.